The van der Waals surface area contributed by atoms with Crippen LogP contribution >= 0.6 is 0 Å². The van der Waals surface area contributed by atoms with Gasteiger partial charge in [0.1, 0.15) is 12.3 Å². The van der Waals surface area contributed by atoms with Crippen LogP contribution in [0.5, 0.6) is 5.75 Å². The summed E-state index contributed by atoms with van der Waals surface area (Å²) in [5, 5.41) is 3.26. The highest BCUT2D eigenvalue weighted by atomic mass is 16.5. The lowest BCUT2D eigenvalue weighted by atomic mass is 10.1. The summed E-state index contributed by atoms with van der Waals surface area (Å²) < 4.78 is 7.90. The van der Waals surface area contributed by atoms with Crippen LogP contribution in [0.25, 0.3) is 16.6 Å². The predicted molar refractivity (Wildman–Crippen MR) is 118 cm³/mol. The predicted octanol–water partition coefficient (Wildman–Crippen LogP) is 2.77. The molecule has 158 valence electrons. The molecule has 1 aromatic heterocycles. The zero-order valence-electron chi connectivity index (χ0n) is 17.8. The zero-order chi connectivity index (χ0) is 21.8. The average molecular weight is 409 g/mol. The Hall–Kier alpha value is -3.35. The molecule has 0 fully saturated rings. The number of aryl methyl sites for hydroxylation is 1. The molecule has 0 aliphatic heterocycles. The molecule has 1 unspecified atom stereocenters. The Morgan fingerprint density at radius 1 is 1.10 bits per heavy atom. The van der Waals surface area contributed by atoms with E-state index in [1.54, 1.807) is 36.4 Å². The lowest BCUT2D eigenvalue weighted by molar-refractivity contribution is -0.122. The van der Waals surface area contributed by atoms with Crippen LogP contribution in [-0.2, 0) is 11.3 Å². The Kier molecular flexibility index (Phi) is 6.40. The van der Waals surface area contributed by atoms with Gasteiger partial charge in [-0.05, 0) is 63.6 Å². The molecule has 2 aromatic carbocycles. The van der Waals surface area contributed by atoms with E-state index >= 15 is 0 Å². The van der Waals surface area contributed by atoms with Gasteiger partial charge in [0.05, 0.1) is 23.2 Å². The molecule has 0 aliphatic carbocycles. The van der Waals surface area contributed by atoms with Crippen molar-refractivity contribution >= 4 is 16.8 Å². The van der Waals surface area contributed by atoms with Crippen molar-refractivity contribution in [3.8, 4) is 11.4 Å². The summed E-state index contributed by atoms with van der Waals surface area (Å²) >= 11 is 0. The Bertz CT molecular complexity index is 1180. The monoisotopic (exact) mass is 409 g/mol. The van der Waals surface area contributed by atoms with Gasteiger partial charge in [-0.1, -0.05) is 18.6 Å². The van der Waals surface area contributed by atoms with Crippen LogP contribution in [0.1, 0.15) is 32.8 Å². The fraction of sp³-hybridized carbons (Fsp3) is 0.348. The summed E-state index contributed by atoms with van der Waals surface area (Å²) in [5.41, 5.74) is 0.790. The highest BCUT2D eigenvalue weighted by molar-refractivity contribution is 5.82. The summed E-state index contributed by atoms with van der Waals surface area (Å²) in [6.07, 6.45) is 0.784. The molecule has 0 saturated heterocycles. The molecule has 0 aliphatic rings. The molecule has 1 N–H and O–H groups in total. The second kappa shape index (κ2) is 8.98. The van der Waals surface area contributed by atoms with Crippen LogP contribution in [0.2, 0.25) is 0 Å². The minimum Gasteiger partial charge on any atom is -0.494 e. The highest BCUT2D eigenvalue weighted by Gasteiger charge is 2.17. The summed E-state index contributed by atoms with van der Waals surface area (Å²) in [6.45, 7) is 8.00. The van der Waals surface area contributed by atoms with Gasteiger partial charge in [0, 0.05) is 6.04 Å². The van der Waals surface area contributed by atoms with Crippen molar-refractivity contribution in [2.24, 2.45) is 0 Å². The van der Waals surface area contributed by atoms with Crippen molar-refractivity contribution < 1.29 is 9.53 Å². The summed E-state index contributed by atoms with van der Waals surface area (Å²) in [7, 11) is 0. The van der Waals surface area contributed by atoms with Crippen molar-refractivity contribution in [2.75, 3.05) is 6.61 Å². The molecule has 3 aromatic rings. The van der Waals surface area contributed by atoms with E-state index in [2.05, 4.69) is 5.32 Å². The molecule has 0 bridgehead atoms. The molecule has 7 nitrogen and oxygen atoms in total. The molecule has 0 saturated carbocycles. The number of nitrogens with zero attached hydrogens (tertiary/aromatic N) is 2. The van der Waals surface area contributed by atoms with E-state index in [0.717, 1.165) is 16.6 Å². The van der Waals surface area contributed by atoms with Crippen molar-refractivity contribution in [3.63, 3.8) is 0 Å². The number of carbonyl (C=O) groups excluding carboxylic acids is 1. The summed E-state index contributed by atoms with van der Waals surface area (Å²) in [6, 6.07) is 12.0. The number of rotatable bonds is 7. The maximum atomic E-state index is 13.3. The van der Waals surface area contributed by atoms with Crippen LogP contribution in [0.3, 0.4) is 0 Å². The number of amides is 1. The smallest absolute Gasteiger partial charge is 0.336 e. The van der Waals surface area contributed by atoms with Gasteiger partial charge in [-0.2, -0.15) is 0 Å². The number of aromatic nitrogens is 2. The molecule has 0 radical (unpaired) electrons. The SMILES string of the molecule is CCOc1ccc(-n2c(=O)c3cc(C)ccc3n(CC(=O)NC(C)CC)c2=O)cc1. The minimum absolute atomic E-state index is 0.00118. The molecule has 3 rings (SSSR count). The number of benzene rings is 2. The molecule has 30 heavy (non-hydrogen) atoms. The Labute approximate surface area is 174 Å². The van der Waals surface area contributed by atoms with Crippen molar-refractivity contribution in [3.05, 3.63) is 68.9 Å². The van der Waals surface area contributed by atoms with Gasteiger partial charge in [0.25, 0.3) is 5.56 Å². The van der Waals surface area contributed by atoms with E-state index in [-0.39, 0.29) is 18.5 Å². The van der Waals surface area contributed by atoms with Crippen LogP contribution < -0.4 is 21.3 Å². The molecule has 1 atom stereocenters. The van der Waals surface area contributed by atoms with Crippen LogP contribution in [0, 0.1) is 6.92 Å². The first-order valence-electron chi connectivity index (χ1n) is 10.1. The Morgan fingerprint density at radius 2 is 1.80 bits per heavy atom. The number of hydrogen-bond acceptors (Lipinski definition) is 4. The van der Waals surface area contributed by atoms with Gasteiger partial charge >= 0.3 is 5.69 Å². The average Bonchev–Trinajstić information content (AvgIpc) is 2.72. The van der Waals surface area contributed by atoms with E-state index in [9.17, 15) is 14.4 Å². The van der Waals surface area contributed by atoms with Crippen molar-refractivity contribution in [2.45, 2.75) is 46.7 Å². The number of nitrogens with one attached hydrogen (secondary N) is 1. The van der Waals surface area contributed by atoms with Gasteiger partial charge in [-0.25, -0.2) is 9.36 Å². The third-order valence-electron chi connectivity index (χ3n) is 5.03. The molecule has 1 heterocycles. The second-order valence-corrected chi connectivity index (χ2v) is 7.33. The van der Waals surface area contributed by atoms with E-state index in [1.165, 1.54) is 4.57 Å². The Morgan fingerprint density at radius 3 is 2.43 bits per heavy atom. The summed E-state index contributed by atoms with van der Waals surface area (Å²) in [5.74, 6) is 0.379. The number of ether oxygens (including phenoxy) is 1. The quantitative estimate of drug-likeness (QED) is 0.651. The number of fused-ring (bicyclic) bond motifs is 1. The topological polar surface area (TPSA) is 82.3 Å². The van der Waals surface area contributed by atoms with Crippen LogP contribution in [0.4, 0.5) is 0 Å². The Balaban J connectivity index is 2.19. The molecule has 0 spiro atoms. The first kappa shape index (κ1) is 21.4. The normalized spacial score (nSPS) is 12.0. The van der Waals surface area contributed by atoms with Crippen LogP contribution in [-0.4, -0.2) is 27.7 Å². The largest absolute Gasteiger partial charge is 0.494 e. The van der Waals surface area contributed by atoms with E-state index < -0.39 is 11.2 Å². The van der Waals surface area contributed by atoms with Gasteiger partial charge in [0.15, 0.2) is 0 Å². The first-order valence-corrected chi connectivity index (χ1v) is 10.1. The fourth-order valence-electron chi connectivity index (χ4n) is 3.29. The van der Waals surface area contributed by atoms with Crippen molar-refractivity contribution in [1.29, 1.82) is 0 Å². The lowest BCUT2D eigenvalue weighted by Gasteiger charge is -2.16. The molecular formula is C23H27N3O4. The lowest BCUT2D eigenvalue weighted by Crippen LogP contribution is -2.43. The zero-order valence-corrected chi connectivity index (χ0v) is 17.8. The molecule has 7 heteroatoms. The maximum Gasteiger partial charge on any atom is 0.336 e. The van der Waals surface area contributed by atoms with Crippen molar-refractivity contribution in [1.82, 2.24) is 14.5 Å². The van der Waals surface area contributed by atoms with Gasteiger partial charge in [-0.15, -0.1) is 0 Å². The standard InChI is InChI=1S/C23H27N3O4/c1-5-16(4)24-21(27)14-25-20-12-7-15(3)13-19(20)22(28)26(23(25)29)17-8-10-18(11-9-17)30-6-2/h7-13,16H,5-6,14H2,1-4H3,(H,24,27). The number of carbonyl (C=O) groups is 1. The third kappa shape index (κ3) is 4.30. The minimum atomic E-state index is -0.556. The molecule has 1 amide bonds. The van der Waals surface area contributed by atoms with Gasteiger partial charge in [0.2, 0.25) is 5.91 Å². The van der Waals surface area contributed by atoms with E-state index in [0.29, 0.717) is 28.9 Å². The number of hydrogen-bond donors (Lipinski definition) is 1. The maximum absolute atomic E-state index is 13.3. The second-order valence-electron chi connectivity index (χ2n) is 7.33. The van der Waals surface area contributed by atoms with E-state index in [4.69, 9.17) is 4.74 Å². The van der Waals surface area contributed by atoms with E-state index in [1.807, 2.05) is 33.8 Å². The van der Waals surface area contributed by atoms with Crippen LogP contribution in [0.15, 0.2) is 52.1 Å². The fourth-order valence-corrected chi connectivity index (χ4v) is 3.29. The van der Waals surface area contributed by atoms with Gasteiger partial charge in [-0.3, -0.25) is 14.2 Å². The highest BCUT2D eigenvalue weighted by Crippen LogP contribution is 2.16. The molecular weight excluding hydrogens is 382 g/mol. The van der Waals surface area contributed by atoms with Gasteiger partial charge < -0.3 is 10.1 Å². The first-order chi connectivity index (χ1) is 14.3. The summed E-state index contributed by atoms with van der Waals surface area (Å²) in [4.78, 5) is 39.0. The third-order valence-corrected chi connectivity index (χ3v) is 5.03.